The van der Waals surface area contributed by atoms with Gasteiger partial charge >= 0.3 is 0 Å². The molecule has 5 heteroatoms. The summed E-state index contributed by atoms with van der Waals surface area (Å²) in [5.74, 6) is 0. The van der Waals surface area contributed by atoms with Gasteiger partial charge in [0.15, 0.2) is 5.13 Å². The molecular formula is C14H26N4S. The molecule has 1 aromatic heterocycles. The maximum absolute atomic E-state index is 4.79. The van der Waals surface area contributed by atoms with E-state index in [1.807, 2.05) is 11.3 Å². The molecule has 0 aromatic carbocycles. The second-order valence-corrected chi connectivity index (χ2v) is 6.66. The standard InChI is InChI=1S/C14H26N4S/c1-5-12-13(10-15-11-6-7-11)19-14(16-12)18(4)9-8-17(2)3/h11,15H,5-10H2,1-4H3. The van der Waals surface area contributed by atoms with Gasteiger partial charge in [0.2, 0.25) is 0 Å². The molecule has 4 nitrogen and oxygen atoms in total. The number of rotatable bonds is 8. The van der Waals surface area contributed by atoms with Crippen LogP contribution in [0.5, 0.6) is 0 Å². The molecule has 108 valence electrons. The largest absolute Gasteiger partial charge is 0.350 e. The van der Waals surface area contributed by atoms with E-state index in [-0.39, 0.29) is 0 Å². The van der Waals surface area contributed by atoms with Crippen molar-refractivity contribution in [1.82, 2.24) is 15.2 Å². The van der Waals surface area contributed by atoms with Crippen LogP contribution in [0.15, 0.2) is 0 Å². The Bertz CT molecular complexity index is 398. The molecule has 1 heterocycles. The smallest absolute Gasteiger partial charge is 0.185 e. The normalized spacial score (nSPS) is 15.2. The second kappa shape index (κ2) is 6.68. The molecule has 0 atom stereocenters. The highest BCUT2D eigenvalue weighted by Crippen LogP contribution is 2.27. The zero-order valence-electron chi connectivity index (χ0n) is 12.6. The van der Waals surface area contributed by atoms with Crippen LogP contribution in [-0.4, -0.2) is 50.2 Å². The van der Waals surface area contributed by atoms with Crippen LogP contribution in [0.25, 0.3) is 0 Å². The van der Waals surface area contributed by atoms with E-state index in [9.17, 15) is 0 Å². The molecular weight excluding hydrogens is 256 g/mol. The number of aryl methyl sites for hydroxylation is 1. The predicted octanol–water partition coefficient (Wildman–Crippen LogP) is 1.96. The first-order chi connectivity index (χ1) is 9.10. The molecule has 0 bridgehead atoms. The summed E-state index contributed by atoms with van der Waals surface area (Å²) in [6, 6.07) is 0.765. The van der Waals surface area contributed by atoms with E-state index >= 15 is 0 Å². The lowest BCUT2D eigenvalue weighted by atomic mass is 10.3. The molecule has 19 heavy (non-hydrogen) atoms. The first kappa shape index (κ1) is 14.8. The Morgan fingerprint density at radius 3 is 2.58 bits per heavy atom. The Morgan fingerprint density at radius 1 is 1.26 bits per heavy atom. The minimum absolute atomic E-state index is 0.765. The highest BCUT2D eigenvalue weighted by Gasteiger charge is 2.21. The summed E-state index contributed by atoms with van der Waals surface area (Å²) < 4.78 is 0. The lowest BCUT2D eigenvalue weighted by Gasteiger charge is -2.18. The quantitative estimate of drug-likeness (QED) is 0.790. The van der Waals surface area contributed by atoms with Gasteiger partial charge in [-0.15, -0.1) is 11.3 Å². The maximum Gasteiger partial charge on any atom is 0.185 e. The van der Waals surface area contributed by atoms with Gasteiger partial charge in [-0.25, -0.2) is 4.98 Å². The SMILES string of the molecule is CCc1nc(N(C)CCN(C)C)sc1CNC1CC1. The van der Waals surface area contributed by atoms with Crippen molar-refractivity contribution < 1.29 is 0 Å². The Hall–Kier alpha value is -0.650. The summed E-state index contributed by atoms with van der Waals surface area (Å²) in [6.45, 7) is 5.28. The van der Waals surface area contributed by atoms with Gasteiger partial charge in [0.1, 0.15) is 0 Å². The van der Waals surface area contributed by atoms with Crippen molar-refractivity contribution in [1.29, 1.82) is 0 Å². The van der Waals surface area contributed by atoms with E-state index in [4.69, 9.17) is 4.98 Å². The van der Waals surface area contributed by atoms with Crippen LogP contribution in [-0.2, 0) is 13.0 Å². The Kier molecular flexibility index (Phi) is 5.19. The number of aromatic nitrogens is 1. The number of anilines is 1. The summed E-state index contributed by atoms with van der Waals surface area (Å²) in [5.41, 5.74) is 1.27. The van der Waals surface area contributed by atoms with E-state index in [0.29, 0.717) is 0 Å². The number of hydrogen-bond acceptors (Lipinski definition) is 5. The summed E-state index contributed by atoms with van der Waals surface area (Å²) in [4.78, 5) is 10.7. The van der Waals surface area contributed by atoms with E-state index in [0.717, 1.165) is 37.2 Å². The summed E-state index contributed by atoms with van der Waals surface area (Å²) >= 11 is 1.85. The van der Waals surface area contributed by atoms with Gasteiger partial charge in [-0.1, -0.05) is 6.92 Å². The summed E-state index contributed by atoms with van der Waals surface area (Å²) in [6.07, 6.45) is 3.71. The third-order valence-corrected chi connectivity index (χ3v) is 4.65. The van der Waals surface area contributed by atoms with Gasteiger partial charge in [0.25, 0.3) is 0 Å². The van der Waals surface area contributed by atoms with E-state index < -0.39 is 0 Å². The molecule has 0 radical (unpaired) electrons. The zero-order valence-corrected chi connectivity index (χ0v) is 13.4. The summed E-state index contributed by atoms with van der Waals surface area (Å²) in [7, 11) is 6.36. The molecule has 1 N–H and O–H groups in total. The van der Waals surface area contributed by atoms with E-state index in [1.54, 1.807) is 0 Å². The third-order valence-electron chi connectivity index (χ3n) is 3.44. The van der Waals surface area contributed by atoms with Gasteiger partial charge in [-0.3, -0.25) is 0 Å². The van der Waals surface area contributed by atoms with Crippen LogP contribution in [0.2, 0.25) is 0 Å². The minimum atomic E-state index is 0.765. The first-order valence-electron chi connectivity index (χ1n) is 7.18. The highest BCUT2D eigenvalue weighted by molar-refractivity contribution is 7.15. The van der Waals surface area contributed by atoms with Crippen LogP contribution < -0.4 is 10.2 Å². The average molecular weight is 282 g/mol. The molecule has 0 unspecified atom stereocenters. The lowest BCUT2D eigenvalue weighted by Crippen LogP contribution is -2.28. The van der Waals surface area contributed by atoms with Crippen LogP contribution in [0.1, 0.15) is 30.3 Å². The van der Waals surface area contributed by atoms with Crippen molar-refractivity contribution in [2.24, 2.45) is 0 Å². The number of nitrogens with zero attached hydrogens (tertiary/aromatic N) is 3. The van der Waals surface area contributed by atoms with Gasteiger partial charge in [-0.2, -0.15) is 0 Å². The fraction of sp³-hybridized carbons (Fsp3) is 0.786. The van der Waals surface area contributed by atoms with Crippen LogP contribution in [0.4, 0.5) is 5.13 Å². The molecule has 0 spiro atoms. The zero-order chi connectivity index (χ0) is 13.8. The third kappa shape index (κ3) is 4.44. The molecule has 1 saturated carbocycles. The second-order valence-electron chi connectivity index (χ2n) is 5.60. The number of nitrogens with one attached hydrogen (secondary N) is 1. The fourth-order valence-corrected chi connectivity index (χ4v) is 3.00. The fourth-order valence-electron chi connectivity index (χ4n) is 1.92. The van der Waals surface area contributed by atoms with Crippen molar-refractivity contribution in [3.8, 4) is 0 Å². The first-order valence-corrected chi connectivity index (χ1v) is 7.99. The van der Waals surface area contributed by atoms with Crippen molar-refractivity contribution in [2.75, 3.05) is 39.1 Å². The monoisotopic (exact) mass is 282 g/mol. The molecule has 1 aliphatic carbocycles. The molecule has 0 saturated heterocycles. The van der Waals surface area contributed by atoms with Gasteiger partial charge < -0.3 is 15.1 Å². The summed E-state index contributed by atoms with van der Waals surface area (Å²) in [5, 5.41) is 4.75. The van der Waals surface area contributed by atoms with Crippen molar-refractivity contribution in [3.63, 3.8) is 0 Å². The van der Waals surface area contributed by atoms with E-state index in [2.05, 4.69) is 43.2 Å². The average Bonchev–Trinajstić information content (AvgIpc) is 3.12. The highest BCUT2D eigenvalue weighted by atomic mass is 32.1. The predicted molar refractivity (Wildman–Crippen MR) is 83.2 cm³/mol. The number of hydrogen-bond donors (Lipinski definition) is 1. The molecule has 2 rings (SSSR count). The van der Waals surface area contributed by atoms with Crippen molar-refractivity contribution in [2.45, 2.75) is 38.8 Å². The molecule has 0 amide bonds. The lowest BCUT2D eigenvalue weighted by molar-refractivity contribution is 0.416. The topological polar surface area (TPSA) is 31.4 Å². The molecule has 1 aliphatic rings. The molecule has 1 aromatic rings. The van der Waals surface area contributed by atoms with Crippen LogP contribution >= 0.6 is 11.3 Å². The number of likely N-dealkylation sites (N-methyl/N-ethyl adjacent to an activating group) is 2. The Labute approximate surface area is 120 Å². The maximum atomic E-state index is 4.79. The van der Waals surface area contributed by atoms with Crippen LogP contribution in [0.3, 0.4) is 0 Å². The number of thiazole rings is 1. The Morgan fingerprint density at radius 2 is 2.00 bits per heavy atom. The van der Waals surface area contributed by atoms with E-state index in [1.165, 1.54) is 23.4 Å². The minimum Gasteiger partial charge on any atom is -0.350 e. The van der Waals surface area contributed by atoms with Gasteiger partial charge in [0.05, 0.1) is 5.69 Å². The van der Waals surface area contributed by atoms with Gasteiger partial charge in [0, 0.05) is 37.6 Å². The van der Waals surface area contributed by atoms with Crippen LogP contribution in [0, 0.1) is 0 Å². The van der Waals surface area contributed by atoms with Crippen molar-refractivity contribution in [3.05, 3.63) is 10.6 Å². The Balaban J connectivity index is 1.95. The van der Waals surface area contributed by atoms with Gasteiger partial charge in [-0.05, 0) is 33.4 Å². The molecule has 1 fully saturated rings. The van der Waals surface area contributed by atoms with Crippen molar-refractivity contribution >= 4 is 16.5 Å². The molecule has 0 aliphatic heterocycles.